The first-order valence-corrected chi connectivity index (χ1v) is 8.74. The van der Waals surface area contributed by atoms with Gasteiger partial charge in [0.25, 0.3) is 0 Å². The standard InChI is InChI=1S/C21H21BN2O3/c1-24(2)21(26)19(14-8-4-3-5-9-14)20(25)23-18(22)12-15-13-27-17-11-7-6-10-16(15)17/h3-11,13,18-19H,12H2,1-2H3,(H,23,25). The quantitative estimate of drug-likeness (QED) is 0.543. The van der Waals surface area contributed by atoms with Crippen LogP contribution in [0.3, 0.4) is 0 Å². The lowest BCUT2D eigenvalue weighted by molar-refractivity contribution is -0.136. The fourth-order valence-electron chi connectivity index (χ4n) is 3.05. The molecule has 5 nitrogen and oxygen atoms in total. The van der Waals surface area contributed by atoms with Gasteiger partial charge in [0.1, 0.15) is 11.5 Å². The van der Waals surface area contributed by atoms with Crippen molar-refractivity contribution in [2.24, 2.45) is 0 Å². The summed E-state index contributed by atoms with van der Waals surface area (Å²) in [5.74, 6) is -2.28. The van der Waals surface area contributed by atoms with E-state index in [1.54, 1.807) is 44.6 Å². The number of likely N-dealkylation sites (N-methyl/N-ethyl adjacent to an activating group) is 1. The van der Waals surface area contributed by atoms with Crippen molar-refractivity contribution in [3.63, 3.8) is 0 Å². The number of carbonyl (C=O) groups excluding carboxylic acids is 2. The number of benzene rings is 2. The minimum atomic E-state index is -0.937. The van der Waals surface area contributed by atoms with E-state index in [0.29, 0.717) is 12.0 Å². The number of hydrogen-bond acceptors (Lipinski definition) is 3. The molecule has 0 aliphatic heterocycles. The highest BCUT2D eigenvalue weighted by Gasteiger charge is 2.30. The fraction of sp³-hybridized carbons (Fsp3) is 0.238. The summed E-state index contributed by atoms with van der Waals surface area (Å²) in [7, 11) is 9.41. The molecule has 0 bridgehead atoms. The Hall–Kier alpha value is -3.02. The summed E-state index contributed by atoms with van der Waals surface area (Å²) in [6, 6.07) is 16.6. The highest BCUT2D eigenvalue weighted by atomic mass is 16.3. The first-order chi connectivity index (χ1) is 13.0. The maximum Gasteiger partial charge on any atom is 0.239 e. The number of furan rings is 1. The molecule has 2 radical (unpaired) electrons. The van der Waals surface area contributed by atoms with Crippen LogP contribution in [0.5, 0.6) is 0 Å². The molecule has 136 valence electrons. The third-order valence-corrected chi connectivity index (χ3v) is 4.41. The predicted octanol–water partition coefficient (Wildman–Crippen LogP) is 2.46. The smallest absolute Gasteiger partial charge is 0.239 e. The molecule has 0 spiro atoms. The van der Waals surface area contributed by atoms with Crippen molar-refractivity contribution in [2.75, 3.05) is 14.1 Å². The number of nitrogens with zero attached hydrogens (tertiary/aromatic N) is 1. The Bertz CT molecular complexity index is 937. The van der Waals surface area contributed by atoms with Gasteiger partial charge >= 0.3 is 0 Å². The number of nitrogens with one attached hydrogen (secondary N) is 1. The van der Waals surface area contributed by atoms with Gasteiger partial charge in [-0.15, -0.1) is 0 Å². The minimum Gasteiger partial charge on any atom is -0.464 e. The van der Waals surface area contributed by atoms with Crippen LogP contribution in [-0.4, -0.2) is 44.6 Å². The van der Waals surface area contributed by atoms with E-state index < -0.39 is 17.8 Å². The van der Waals surface area contributed by atoms with E-state index in [1.165, 1.54) is 4.90 Å². The third kappa shape index (κ3) is 4.22. The van der Waals surface area contributed by atoms with E-state index in [-0.39, 0.29) is 5.91 Å². The SMILES string of the molecule is [B]C(Cc1coc2ccccc12)NC(=O)C(C(=O)N(C)C)c1ccccc1. The van der Waals surface area contributed by atoms with E-state index in [9.17, 15) is 9.59 Å². The molecule has 0 aliphatic rings. The van der Waals surface area contributed by atoms with Gasteiger partial charge in [0.2, 0.25) is 11.8 Å². The van der Waals surface area contributed by atoms with Crippen LogP contribution in [0.4, 0.5) is 0 Å². The van der Waals surface area contributed by atoms with Crippen molar-refractivity contribution in [1.82, 2.24) is 10.2 Å². The first kappa shape index (κ1) is 18.8. The van der Waals surface area contributed by atoms with E-state index >= 15 is 0 Å². The van der Waals surface area contributed by atoms with Crippen molar-refractivity contribution in [3.8, 4) is 0 Å². The highest BCUT2D eigenvalue weighted by molar-refractivity contribution is 6.15. The van der Waals surface area contributed by atoms with Crippen LogP contribution >= 0.6 is 0 Å². The molecule has 2 aromatic carbocycles. The highest BCUT2D eigenvalue weighted by Crippen LogP contribution is 2.22. The molecule has 27 heavy (non-hydrogen) atoms. The monoisotopic (exact) mass is 360 g/mol. The van der Waals surface area contributed by atoms with Crippen LogP contribution < -0.4 is 5.32 Å². The molecule has 2 atom stereocenters. The molecule has 0 aliphatic carbocycles. The molecule has 3 rings (SSSR count). The zero-order valence-corrected chi connectivity index (χ0v) is 15.4. The maximum atomic E-state index is 12.8. The molecule has 3 aromatic rings. The Labute approximate surface area is 159 Å². The molecule has 0 saturated heterocycles. The number of rotatable bonds is 6. The normalized spacial score (nSPS) is 13.1. The molecule has 1 N–H and O–H groups in total. The van der Waals surface area contributed by atoms with Crippen molar-refractivity contribution in [3.05, 3.63) is 72.0 Å². The largest absolute Gasteiger partial charge is 0.464 e. The molecular formula is C21H21BN2O3. The summed E-state index contributed by atoms with van der Waals surface area (Å²) < 4.78 is 5.51. The van der Waals surface area contributed by atoms with Crippen molar-refractivity contribution < 1.29 is 14.0 Å². The lowest BCUT2D eigenvalue weighted by Gasteiger charge is -2.23. The zero-order chi connectivity index (χ0) is 19.4. The van der Waals surface area contributed by atoms with E-state index in [4.69, 9.17) is 12.3 Å². The molecule has 6 heteroatoms. The summed E-state index contributed by atoms with van der Waals surface area (Å²) in [5.41, 5.74) is 2.32. The van der Waals surface area contributed by atoms with Gasteiger partial charge in [-0.3, -0.25) is 9.59 Å². The Morgan fingerprint density at radius 3 is 2.44 bits per heavy atom. The average Bonchev–Trinajstić information content (AvgIpc) is 3.05. The van der Waals surface area contributed by atoms with Gasteiger partial charge in [0.15, 0.2) is 0 Å². The summed E-state index contributed by atoms with van der Waals surface area (Å²) in [6.07, 6.45) is 2.05. The van der Waals surface area contributed by atoms with Gasteiger partial charge in [0.05, 0.1) is 14.1 Å². The van der Waals surface area contributed by atoms with Gasteiger partial charge in [-0.25, -0.2) is 0 Å². The fourth-order valence-corrected chi connectivity index (χ4v) is 3.05. The van der Waals surface area contributed by atoms with Crippen LogP contribution in [0.2, 0.25) is 0 Å². The summed E-state index contributed by atoms with van der Waals surface area (Å²) in [6.45, 7) is 0. The third-order valence-electron chi connectivity index (χ3n) is 4.41. The second-order valence-corrected chi connectivity index (χ2v) is 6.65. The van der Waals surface area contributed by atoms with Crippen LogP contribution in [-0.2, 0) is 16.0 Å². The van der Waals surface area contributed by atoms with Crippen LogP contribution in [0, 0.1) is 0 Å². The first-order valence-electron chi connectivity index (χ1n) is 8.74. The average molecular weight is 360 g/mol. The second-order valence-electron chi connectivity index (χ2n) is 6.65. The molecule has 2 amide bonds. The predicted molar refractivity (Wildman–Crippen MR) is 105 cm³/mol. The number of fused-ring (bicyclic) bond motifs is 1. The van der Waals surface area contributed by atoms with E-state index in [1.807, 2.05) is 30.3 Å². The van der Waals surface area contributed by atoms with Gasteiger partial charge in [-0.2, -0.15) is 0 Å². The lowest BCUT2D eigenvalue weighted by atomic mass is 9.88. The van der Waals surface area contributed by atoms with Crippen LogP contribution in [0.1, 0.15) is 17.0 Å². The summed E-state index contributed by atoms with van der Waals surface area (Å²) >= 11 is 0. The van der Waals surface area contributed by atoms with E-state index in [2.05, 4.69) is 5.32 Å². The van der Waals surface area contributed by atoms with Crippen LogP contribution in [0.15, 0.2) is 65.3 Å². The molecule has 2 unspecified atom stereocenters. The second kappa shape index (κ2) is 8.12. The summed E-state index contributed by atoms with van der Waals surface area (Å²) in [4.78, 5) is 26.8. The Kier molecular flexibility index (Phi) is 5.64. The Balaban J connectivity index is 1.75. The van der Waals surface area contributed by atoms with Crippen molar-refractivity contribution in [2.45, 2.75) is 18.3 Å². The van der Waals surface area contributed by atoms with Gasteiger partial charge in [-0.1, -0.05) is 48.5 Å². The number of amides is 2. The lowest BCUT2D eigenvalue weighted by Crippen LogP contribution is -2.44. The molecule has 1 heterocycles. The molecule has 1 aromatic heterocycles. The van der Waals surface area contributed by atoms with Gasteiger partial charge < -0.3 is 14.6 Å². The van der Waals surface area contributed by atoms with Crippen molar-refractivity contribution in [1.29, 1.82) is 0 Å². The zero-order valence-electron chi connectivity index (χ0n) is 15.4. The molecule has 0 fully saturated rings. The van der Waals surface area contributed by atoms with Gasteiger partial charge in [-0.05, 0) is 29.6 Å². The van der Waals surface area contributed by atoms with Crippen LogP contribution in [0.25, 0.3) is 11.0 Å². The van der Waals surface area contributed by atoms with Crippen molar-refractivity contribution >= 4 is 30.6 Å². The van der Waals surface area contributed by atoms with E-state index in [0.717, 1.165) is 16.5 Å². The maximum absolute atomic E-state index is 12.8. The number of para-hydroxylation sites is 1. The Morgan fingerprint density at radius 2 is 1.74 bits per heavy atom. The summed E-state index contributed by atoms with van der Waals surface area (Å²) in [5, 5.41) is 3.73. The number of hydrogen-bond donors (Lipinski definition) is 1. The molecular weight excluding hydrogens is 339 g/mol. The number of carbonyl (C=O) groups is 2. The topological polar surface area (TPSA) is 62.6 Å². The minimum absolute atomic E-state index is 0.292. The Morgan fingerprint density at radius 1 is 1.07 bits per heavy atom. The molecule has 0 saturated carbocycles. The van der Waals surface area contributed by atoms with Gasteiger partial charge in [0, 0.05) is 19.5 Å².